The van der Waals surface area contributed by atoms with Gasteiger partial charge in [-0.05, 0) is 18.2 Å². The van der Waals surface area contributed by atoms with E-state index < -0.39 is 42.3 Å². The highest BCUT2D eigenvalue weighted by Gasteiger charge is 2.28. The van der Waals surface area contributed by atoms with E-state index >= 15 is 0 Å². The Kier molecular flexibility index (Phi) is 6.94. The Morgan fingerprint density at radius 3 is 2.47 bits per heavy atom. The number of fused-ring (bicyclic) bond motifs is 1. The fourth-order valence-electron chi connectivity index (χ4n) is 2.82. The summed E-state index contributed by atoms with van der Waals surface area (Å²) >= 11 is 0. The van der Waals surface area contributed by atoms with E-state index in [0.717, 1.165) is 6.07 Å². The maximum atomic E-state index is 14.5. The summed E-state index contributed by atoms with van der Waals surface area (Å²) in [6, 6.07) is 1.44. The number of benzene rings is 1. The Bertz CT molecular complexity index is 1270. The fraction of sp³-hybridized carbons (Fsp3) is 0.211. The van der Waals surface area contributed by atoms with Crippen LogP contribution in [0.1, 0.15) is 22.5 Å². The van der Waals surface area contributed by atoms with Crippen LogP contribution in [0.5, 0.6) is 0 Å². The number of halogens is 2. The van der Waals surface area contributed by atoms with E-state index in [4.69, 9.17) is 21.7 Å². The van der Waals surface area contributed by atoms with Crippen LogP contribution in [-0.2, 0) is 16.1 Å². The van der Waals surface area contributed by atoms with Crippen molar-refractivity contribution in [2.24, 2.45) is 0 Å². The van der Waals surface area contributed by atoms with Crippen LogP contribution in [-0.4, -0.2) is 60.2 Å². The van der Waals surface area contributed by atoms with Gasteiger partial charge in [-0.2, -0.15) is 9.97 Å². The van der Waals surface area contributed by atoms with Crippen LogP contribution < -0.4 is 22.1 Å². The molecule has 2 aromatic heterocycles. The number of aliphatic carboxylic acids is 2. The maximum absolute atomic E-state index is 14.5. The number of aromatic nitrogens is 4. The number of nitrogen functional groups attached to an aromatic ring is 2. The van der Waals surface area contributed by atoms with Crippen LogP contribution in [0.2, 0.25) is 0 Å². The molecule has 2 atom stereocenters. The van der Waals surface area contributed by atoms with Gasteiger partial charge in [0.2, 0.25) is 5.95 Å². The molecule has 1 aromatic carbocycles. The summed E-state index contributed by atoms with van der Waals surface area (Å²) in [6.07, 6.45) is -2.11. The van der Waals surface area contributed by atoms with Gasteiger partial charge in [0.15, 0.2) is 23.2 Å². The Morgan fingerprint density at radius 2 is 1.82 bits per heavy atom. The molecule has 0 aliphatic carbocycles. The molecule has 0 radical (unpaired) electrons. The zero-order valence-electron chi connectivity index (χ0n) is 17.2. The van der Waals surface area contributed by atoms with Gasteiger partial charge < -0.3 is 32.3 Å². The number of carboxylic acids is 2. The first-order valence-electron chi connectivity index (χ1n) is 9.53. The zero-order valence-corrected chi connectivity index (χ0v) is 17.2. The van der Waals surface area contributed by atoms with Crippen LogP contribution in [0.15, 0.2) is 24.4 Å². The number of nitrogens with one attached hydrogen (secondary N) is 2. The first-order valence-corrected chi connectivity index (χ1v) is 9.53. The predicted octanol–water partition coefficient (Wildman–Crippen LogP) is 0.331. The number of carboxylic acid groups (broad SMARTS) is 2. The van der Waals surface area contributed by atoms with Gasteiger partial charge in [0, 0.05) is 12.0 Å². The second-order valence-electron chi connectivity index (χ2n) is 6.95. The molecule has 1 unspecified atom stereocenters. The third-order valence-electron chi connectivity index (χ3n) is 4.51. The van der Waals surface area contributed by atoms with E-state index in [9.17, 15) is 23.2 Å². The summed E-state index contributed by atoms with van der Waals surface area (Å²) in [5, 5.41) is 22.4. The lowest BCUT2D eigenvalue weighted by Crippen LogP contribution is -2.43. The van der Waals surface area contributed by atoms with Crippen molar-refractivity contribution >= 4 is 46.5 Å². The summed E-state index contributed by atoms with van der Waals surface area (Å²) in [7, 11) is 0. The van der Waals surface area contributed by atoms with Crippen LogP contribution in [0.3, 0.4) is 0 Å². The molecule has 178 valence electrons. The normalized spacial score (nSPS) is 12.6. The Labute approximate surface area is 189 Å². The third-order valence-corrected chi connectivity index (χ3v) is 4.51. The molecular formula is C19H18F2N8O5. The van der Waals surface area contributed by atoms with Gasteiger partial charge in [0.25, 0.3) is 5.91 Å². The number of hydrogen-bond acceptors (Lipinski definition) is 10. The molecule has 1 amide bonds. The first kappa shape index (κ1) is 24.0. The lowest BCUT2D eigenvalue weighted by Gasteiger charge is -2.15. The number of nitrogens with two attached hydrogens (primary N) is 2. The number of anilines is 3. The number of nitrogens with zero attached hydrogens (tertiary/aromatic N) is 4. The minimum atomic E-state index is -2.50. The number of hydrogen-bond donors (Lipinski definition) is 6. The molecular weight excluding hydrogens is 458 g/mol. The standard InChI is InChI=1S/C19H18F2N8O5/c20-9-3-7(16(30)27-12(18(33)34)4-10(21)17(31)32)1-2-11(9)24-5-8-6-25-15-13(26-8)14(22)28-19(23)29-15/h1-3,6,10,12,24H,4-5H2,(H,27,30)(H,31,32)(H,33,34)(H4,22,23,25,28,29)/t10?,12-/m0/s1. The Balaban J connectivity index is 1.68. The smallest absolute Gasteiger partial charge is 0.338 e. The topological polar surface area (TPSA) is 219 Å². The molecule has 15 heteroatoms. The third kappa shape index (κ3) is 5.56. The number of alkyl halides is 1. The van der Waals surface area contributed by atoms with Gasteiger partial charge in [0.1, 0.15) is 11.9 Å². The SMILES string of the molecule is Nc1nc(N)c2nc(CNc3ccc(C(=O)N[C@@H](CC(F)C(=O)O)C(=O)O)cc3F)cnc2n1. The molecule has 0 aliphatic rings. The van der Waals surface area contributed by atoms with Gasteiger partial charge in [-0.3, -0.25) is 4.79 Å². The van der Waals surface area contributed by atoms with Crippen molar-refractivity contribution in [2.45, 2.75) is 25.2 Å². The van der Waals surface area contributed by atoms with E-state index in [-0.39, 0.29) is 40.7 Å². The molecule has 0 saturated heterocycles. The molecule has 3 aromatic rings. The summed E-state index contributed by atoms with van der Waals surface area (Å²) in [6.45, 7) is 0.0172. The van der Waals surface area contributed by atoms with Crippen molar-refractivity contribution in [3.63, 3.8) is 0 Å². The van der Waals surface area contributed by atoms with E-state index in [1.807, 2.05) is 5.32 Å². The average Bonchev–Trinajstić information content (AvgIpc) is 2.77. The summed E-state index contributed by atoms with van der Waals surface area (Å²) in [5.74, 6) is -5.40. The lowest BCUT2D eigenvalue weighted by atomic mass is 10.1. The van der Waals surface area contributed by atoms with Crippen molar-refractivity contribution in [1.29, 1.82) is 0 Å². The molecule has 34 heavy (non-hydrogen) atoms. The van der Waals surface area contributed by atoms with Crippen molar-refractivity contribution in [3.8, 4) is 0 Å². The Morgan fingerprint density at radius 1 is 1.09 bits per heavy atom. The minimum Gasteiger partial charge on any atom is -0.480 e. The molecule has 8 N–H and O–H groups in total. The number of rotatable bonds is 9. The predicted molar refractivity (Wildman–Crippen MR) is 114 cm³/mol. The van der Waals surface area contributed by atoms with Crippen molar-refractivity contribution in [1.82, 2.24) is 25.3 Å². The number of amides is 1. The highest BCUT2D eigenvalue weighted by Crippen LogP contribution is 2.19. The van der Waals surface area contributed by atoms with Gasteiger partial charge in [0.05, 0.1) is 24.1 Å². The molecule has 0 spiro atoms. The fourth-order valence-corrected chi connectivity index (χ4v) is 2.82. The van der Waals surface area contributed by atoms with Gasteiger partial charge in [-0.1, -0.05) is 0 Å². The molecule has 0 bridgehead atoms. The summed E-state index contributed by atoms with van der Waals surface area (Å²) in [4.78, 5) is 50.1. The second-order valence-corrected chi connectivity index (χ2v) is 6.95. The van der Waals surface area contributed by atoms with E-state index in [1.165, 1.54) is 18.3 Å². The van der Waals surface area contributed by atoms with E-state index in [0.29, 0.717) is 5.69 Å². The van der Waals surface area contributed by atoms with E-state index in [2.05, 4.69) is 25.3 Å². The molecule has 0 saturated carbocycles. The molecule has 0 fully saturated rings. The number of carbonyl (C=O) groups is 3. The largest absolute Gasteiger partial charge is 0.480 e. The average molecular weight is 476 g/mol. The Hall–Kier alpha value is -4.69. The second kappa shape index (κ2) is 9.85. The summed E-state index contributed by atoms with van der Waals surface area (Å²) in [5.41, 5.74) is 11.8. The molecule has 13 nitrogen and oxygen atoms in total. The highest BCUT2D eigenvalue weighted by molar-refractivity contribution is 5.97. The van der Waals surface area contributed by atoms with Gasteiger partial charge >= 0.3 is 11.9 Å². The highest BCUT2D eigenvalue weighted by atomic mass is 19.1. The zero-order chi connectivity index (χ0) is 25.0. The van der Waals surface area contributed by atoms with Crippen molar-refractivity contribution < 1.29 is 33.4 Å². The molecule has 2 heterocycles. The lowest BCUT2D eigenvalue weighted by molar-refractivity contribution is -0.145. The monoisotopic (exact) mass is 476 g/mol. The maximum Gasteiger partial charge on any atom is 0.338 e. The number of carbonyl (C=O) groups excluding carboxylic acids is 1. The first-order chi connectivity index (χ1) is 16.0. The van der Waals surface area contributed by atoms with Crippen LogP contribution in [0.25, 0.3) is 11.2 Å². The molecule has 3 rings (SSSR count). The van der Waals surface area contributed by atoms with Crippen molar-refractivity contribution in [3.05, 3.63) is 41.5 Å². The van der Waals surface area contributed by atoms with Gasteiger partial charge in [-0.15, -0.1) is 0 Å². The minimum absolute atomic E-state index is 0.00976. The van der Waals surface area contributed by atoms with Crippen LogP contribution in [0, 0.1) is 5.82 Å². The van der Waals surface area contributed by atoms with Crippen molar-refractivity contribution in [2.75, 3.05) is 16.8 Å². The quantitative estimate of drug-likeness (QED) is 0.246. The van der Waals surface area contributed by atoms with Gasteiger partial charge in [-0.25, -0.2) is 28.3 Å². The summed E-state index contributed by atoms with van der Waals surface area (Å²) < 4.78 is 27.8. The van der Waals surface area contributed by atoms with Crippen LogP contribution in [0.4, 0.5) is 26.2 Å². The molecule has 0 aliphatic heterocycles. The van der Waals surface area contributed by atoms with E-state index in [1.54, 1.807) is 0 Å². The van der Waals surface area contributed by atoms with Crippen LogP contribution >= 0.6 is 0 Å².